The summed E-state index contributed by atoms with van der Waals surface area (Å²) in [6.07, 6.45) is 0. The fourth-order valence-electron chi connectivity index (χ4n) is 1.23. The summed E-state index contributed by atoms with van der Waals surface area (Å²) in [6.45, 7) is 1.73. The highest BCUT2D eigenvalue weighted by Gasteiger charge is 2.03. The zero-order valence-electron chi connectivity index (χ0n) is 8.03. The lowest BCUT2D eigenvalue weighted by Gasteiger charge is -2.00. The third kappa shape index (κ3) is 2.33. The molecule has 0 unspecified atom stereocenters. The molecule has 2 rings (SSSR count). The third-order valence-corrected chi connectivity index (χ3v) is 2.42. The van der Waals surface area contributed by atoms with Crippen LogP contribution in [0.4, 0.5) is 0 Å². The fourth-order valence-corrected chi connectivity index (χ4v) is 1.49. The Morgan fingerprint density at radius 1 is 1.27 bits per heavy atom. The van der Waals surface area contributed by atoms with Crippen LogP contribution in [-0.4, -0.2) is 4.98 Å². The van der Waals surface area contributed by atoms with Crippen LogP contribution in [0.1, 0.15) is 5.76 Å². The van der Waals surface area contributed by atoms with Gasteiger partial charge in [-0.1, -0.05) is 15.9 Å². The van der Waals surface area contributed by atoms with Gasteiger partial charge in [0.15, 0.2) is 0 Å². The molecule has 0 aliphatic heterocycles. The van der Waals surface area contributed by atoms with Gasteiger partial charge in [0.2, 0.25) is 5.89 Å². The molecular weight excluding hydrogens is 258 g/mol. The number of aromatic nitrogens is 1. The molecule has 0 spiro atoms. The Morgan fingerprint density at radius 3 is 2.53 bits per heavy atom. The molecular formula is C11H8BrNO2. The summed E-state index contributed by atoms with van der Waals surface area (Å²) in [5, 5.41) is 0. The monoisotopic (exact) mass is 265 g/mol. The van der Waals surface area contributed by atoms with Crippen LogP contribution in [0.5, 0.6) is 0 Å². The number of hydrogen-bond acceptors (Lipinski definition) is 3. The first-order valence-electron chi connectivity index (χ1n) is 4.40. The van der Waals surface area contributed by atoms with Gasteiger partial charge in [0, 0.05) is 16.1 Å². The van der Waals surface area contributed by atoms with Crippen molar-refractivity contribution in [2.75, 3.05) is 0 Å². The van der Waals surface area contributed by atoms with Crippen molar-refractivity contribution in [3.63, 3.8) is 0 Å². The normalized spacial score (nSPS) is 10.3. The largest absolute Gasteiger partial charge is 0.443 e. The maximum absolute atomic E-state index is 11.2. The number of rotatable bonds is 1. The van der Waals surface area contributed by atoms with Crippen molar-refractivity contribution in [1.29, 1.82) is 0 Å². The summed E-state index contributed by atoms with van der Waals surface area (Å²) in [5.74, 6) is 0.917. The molecule has 2 aromatic rings. The zero-order valence-corrected chi connectivity index (χ0v) is 9.61. The van der Waals surface area contributed by atoms with E-state index in [1.807, 2.05) is 24.3 Å². The van der Waals surface area contributed by atoms with Crippen molar-refractivity contribution in [3.8, 4) is 11.5 Å². The molecule has 0 aliphatic carbocycles. The summed E-state index contributed by atoms with van der Waals surface area (Å²) in [4.78, 5) is 15.0. The highest BCUT2D eigenvalue weighted by Crippen LogP contribution is 2.19. The van der Waals surface area contributed by atoms with E-state index < -0.39 is 0 Å². The van der Waals surface area contributed by atoms with Gasteiger partial charge < -0.3 is 4.42 Å². The highest BCUT2D eigenvalue weighted by molar-refractivity contribution is 9.10. The van der Waals surface area contributed by atoms with Gasteiger partial charge in [0.1, 0.15) is 5.76 Å². The predicted molar refractivity (Wildman–Crippen MR) is 60.6 cm³/mol. The molecule has 76 valence electrons. The van der Waals surface area contributed by atoms with Crippen LogP contribution in [0.2, 0.25) is 0 Å². The quantitative estimate of drug-likeness (QED) is 0.797. The van der Waals surface area contributed by atoms with Crippen molar-refractivity contribution >= 4 is 15.9 Å². The molecule has 0 fully saturated rings. The predicted octanol–water partition coefficient (Wildman–Crippen LogP) is 2.77. The maximum Gasteiger partial charge on any atom is 0.276 e. The second-order valence-corrected chi connectivity index (χ2v) is 4.03. The van der Waals surface area contributed by atoms with Crippen molar-refractivity contribution in [2.24, 2.45) is 0 Å². The Balaban J connectivity index is 2.54. The lowest BCUT2D eigenvalue weighted by molar-refractivity contribution is 0.509. The first-order chi connectivity index (χ1) is 7.15. The van der Waals surface area contributed by atoms with Gasteiger partial charge in [0.05, 0.1) is 0 Å². The van der Waals surface area contributed by atoms with Crippen LogP contribution in [0.15, 0.2) is 44.0 Å². The van der Waals surface area contributed by atoms with E-state index in [0.717, 1.165) is 10.0 Å². The van der Waals surface area contributed by atoms with Crippen LogP contribution >= 0.6 is 15.9 Å². The molecule has 0 radical (unpaired) electrons. The van der Waals surface area contributed by atoms with Crippen LogP contribution in [-0.2, 0) is 0 Å². The van der Waals surface area contributed by atoms with Gasteiger partial charge in [-0.2, -0.15) is 4.98 Å². The number of benzene rings is 1. The number of halogens is 1. The van der Waals surface area contributed by atoms with E-state index >= 15 is 0 Å². The molecule has 15 heavy (non-hydrogen) atoms. The second-order valence-electron chi connectivity index (χ2n) is 3.12. The van der Waals surface area contributed by atoms with E-state index in [9.17, 15) is 4.79 Å². The van der Waals surface area contributed by atoms with E-state index in [0.29, 0.717) is 11.7 Å². The molecule has 0 atom stereocenters. The molecule has 0 saturated carbocycles. The lowest BCUT2D eigenvalue weighted by Crippen LogP contribution is -2.05. The average molecular weight is 266 g/mol. The first kappa shape index (κ1) is 10.1. The van der Waals surface area contributed by atoms with Crippen LogP contribution in [0.3, 0.4) is 0 Å². The van der Waals surface area contributed by atoms with Crippen LogP contribution in [0.25, 0.3) is 11.5 Å². The van der Waals surface area contributed by atoms with Gasteiger partial charge in [-0.3, -0.25) is 4.79 Å². The zero-order chi connectivity index (χ0) is 10.8. The first-order valence-corrected chi connectivity index (χ1v) is 5.19. The molecule has 0 aliphatic rings. The van der Waals surface area contributed by atoms with Gasteiger partial charge in [-0.05, 0) is 31.2 Å². The molecule has 1 aromatic heterocycles. The summed E-state index contributed by atoms with van der Waals surface area (Å²) < 4.78 is 6.33. The minimum absolute atomic E-state index is 0.281. The van der Waals surface area contributed by atoms with Gasteiger partial charge in [0.25, 0.3) is 5.56 Å². The maximum atomic E-state index is 11.2. The van der Waals surface area contributed by atoms with E-state index in [1.165, 1.54) is 6.07 Å². The van der Waals surface area contributed by atoms with Gasteiger partial charge >= 0.3 is 0 Å². The van der Waals surface area contributed by atoms with Crippen molar-refractivity contribution in [1.82, 2.24) is 4.98 Å². The Hall–Kier alpha value is -1.42. The fraction of sp³-hybridized carbons (Fsp3) is 0.0909. The molecule has 0 N–H and O–H groups in total. The van der Waals surface area contributed by atoms with Gasteiger partial charge in [-0.15, -0.1) is 0 Å². The molecule has 1 aromatic carbocycles. The molecule has 0 saturated heterocycles. The number of aryl methyl sites for hydroxylation is 1. The molecule has 0 bridgehead atoms. The van der Waals surface area contributed by atoms with Crippen molar-refractivity contribution in [3.05, 3.63) is 50.9 Å². The third-order valence-electron chi connectivity index (χ3n) is 1.89. The minimum Gasteiger partial charge on any atom is -0.443 e. The van der Waals surface area contributed by atoms with E-state index in [4.69, 9.17) is 4.42 Å². The smallest absolute Gasteiger partial charge is 0.276 e. The van der Waals surface area contributed by atoms with Crippen molar-refractivity contribution < 1.29 is 4.42 Å². The molecule has 4 heteroatoms. The second kappa shape index (κ2) is 3.98. The van der Waals surface area contributed by atoms with Gasteiger partial charge in [-0.25, -0.2) is 0 Å². The minimum atomic E-state index is -0.281. The van der Waals surface area contributed by atoms with Crippen LogP contribution in [0, 0.1) is 6.92 Å². The number of hydrogen-bond donors (Lipinski definition) is 0. The van der Waals surface area contributed by atoms with E-state index in [1.54, 1.807) is 6.92 Å². The molecule has 3 nitrogen and oxygen atoms in total. The van der Waals surface area contributed by atoms with Crippen LogP contribution < -0.4 is 5.56 Å². The summed E-state index contributed by atoms with van der Waals surface area (Å²) in [6, 6.07) is 8.80. The Bertz CT molecular complexity index is 531. The Morgan fingerprint density at radius 2 is 1.93 bits per heavy atom. The standard InChI is InChI=1S/C11H8BrNO2/c1-7-6-10(14)13-11(15-7)8-2-4-9(12)5-3-8/h2-6H,1H3. The summed E-state index contributed by atoms with van der Waals surface area (Å²) in [5.41, 5.74) is 0.510. The lowest BCUT2D eigenvalue weighted by atomic mass is 10.2. The van der Waals surface area contributed by atoms with E-state index in [2.05, 4.69) is 20.9 Å². The topological polar surface area (TPSA) is 43.1 Å². The molecule has 1 heterocycles. The SMILES string of the molecule is Cc1cc(=O)nc(-c2ccc(Br)cc2)o1. The summed E-state index contributed by atoms with van der Waals surface area (Å²) >= 11 is 3.33. The molecule has 0 amide bonds. The highest BCUT2D eigenvalue weighted by atomic mass is 79.9. The Kier molecular flexibility index (Phi) is 2.68. The summed E-state index contributed by atoms with van der Waals surface area (Å²) in [7, 11) is 0. The number of nitrogens with zero attached hydrogens (tertiary/aromatic N) is 1. The van der Waals surface area contributed by atoms with Crippen molar-refractivity contribution in [2.45, 2.75) is 6.92 Å². The Labute approximate surface area is 94.9 Å². The van der Waals surface area contributed by atoms with E-state index in [-0.39, 0.29) is 5.56 Å². The average Bonchev–Trinajstić information content (AvgIpc) is 2.17.